The van der Waals surface area contributed by atoms with Crippen LogP contribution >= 0.6 is 0 Å². The second kappa shape index (κ2) is 7.90. The van der Waals surface area contributed by atoms with Crippen LogP contribution in [0.3, 0.4) is 0 Å². The van der Waals surface area contributed by atoms with Gasteiger partial charge in [0.2, 0.25) is 5.88 Å². The van der Waals surface area contributed by atoms with Crippen LogP contribution in [0.2, 0.25) is 0 Å². The Kier molecular flexibility index (Phi) is 5.34. The number of carbonyl (C=O) groups excluding carboxylic acids is 1. The molecule has 1 saturated heterocycles. The van der Waals surface area contributed by atoms with Crippen LogP contribution in [-0.4, -0.2) is 60.5 Å². The first-order chi connectivity index (χ1) is 18.0. The second-order valence-corrected chi connectivity index (χ2v) is 8.92. The Morgan fingerprint density at radius 1 is 1.05 bits per heavy atom. The molecule has 0 radical (unpaired) electrons. The lowest BCUT2D eigenvalue weighted by Gasteiger charge is -2.36. The maximum absolute atomic E-state index is 14.4. The fourth-order valence-electron chi connectivity index (χ4n) is 5.02. The molecule has 1 N–H and O–H groups in total. The Hall–Kier alpha value is -4.23. The van der Waals surface area contributed by atoms with E-state index in [0.29, 0.717) is 4.57 Å². The topological polar surface area (TPSA) is 104 Å². The van der Waals surface area contributed by atoms with Crippen molar-refractivity contribution in [3.63, 3.8) is 0 Å². The SMILES string of the molecule is N#Cc1ccc(-n2c(O)c3n(c2=O)C2CC3N(C(=O)C(F)(F)C(F)(F)C(F)(F)C(F)(F)F)C2)c2cccnc12. The smallest absolute Gasteiger partial charge is 0.460 e. The molecule has 17 heteroatoms. The quantitative estimate of drug-likeness (QED) is 0.481. The van der Waals surface area contributed by atoms with Gasteiger partial charge in [-0.3, -0.25) is 14.3 Å². The monoisotopic (exact) mass is 565 g/mol. The minimum Gasteiger partial charge on any atom is -0.493 e. The first-order valence-electron chi connectivity index (χ1n) is 10.8. The van der Waals surface area contributed by atoms with Crippen molar-refractivity contribution in [3.8, 4) is 17.6 Å². The first kappa shape index (κ1) is 26.4. The van der Waals surface area contributed by atoms with Crippen LogP contribution in [0, 0.1) is 11.3 Å². The molecule has 3 aromatic rings. The van der Waals surface area contributed by atoms with Gasteiger partial charge in [-0.15, -0.1) is 0 Å². The van der Waals surface area contributed by atoms with Gasteiger partial charge in [-0.1, -0.05) is 0 Å². The second-order valence-electron chi connectivity index (χ2n) is 8.92. The number of aromatic hydroxyl groups is 1. The third kappa shape index (κ3) is 3.23. The van der Waals surface area contributed by atoms with E-state index >= 15 is 0 Å². The van der Waals surface area contributed by atoms with Gasteiger partial charge in [0.15, 0.2) is 0 Å². The molecule has 0 saturated carbocycles. The van der Waals surface area contributed by atoms with Crippen LogP contribution in [0.1, 0.15) is 29.8 Å². The van der Waals surface area contributed by atoms with Gasteiger partial charge < -0.3 is 10.0 Å². The lowest BCUT2D eigenvalue weighted by Crippen LogP contribution is -2.65. The Morgan fingerprint density at radius 3 is 2.33 bits per heavy atom. The van der Waals surface area contributed by atoms with Gasteiger partial charge >= 0.3 is 35.5 Å². The number of nitriles is 1. The molecule has 1 aromatic carbocycles. The third-order valence-corrected chi connectivity index (χ3v) is 6.84. The molecule has 2 unspecified atom stereocenters. The van der Waals surface area contributed by atoms with Crippen LogP contribution in [0.25, 0.3) is 16.6 Å². The normalized spacial score (nSPS) is 19.4. The molecular formula is C22H12F9N5O3. The maximum Gasteiger partial charge on any atom is 0.460 e. The highest BCUT2D eigenvalue weighted by Crippen LogP contribution is 2.56. The number of carbonyl (C=O) groups is 1. The number of likely N-dealkylation sites (tertiary alicyclic amines) is 1. The molecule has 5 rings (SSSR count). The van der Waals surface area contributed by atoms with E-state index in [1.807, 2.05) is 6.07 Å². The molecule has 39 heavy (non-hydrogen) atoms. The summed E-state index contributed by atoms with van der Waals surface area (Å²) in [5.74, 6) is -24.9. The molecule has 1 fully saturated rings. The predicted molar refractivity (Wildman–Crippen MR) is 111 cm³/mol. The number of rotatable bonds is 4. The molecule has 0 spiro atoms. The fourth-order valence-corrected chi connectivity index (χ4v) is 5.02. The fraction of sp³-hybridized carbons (Fsp3) is 0.364. The summed E-state index contributed by atoms with van der Waals surface area (Å²) in [5, 5.41) is 20.4. The van der Waals surface area contributed by atoms with E-state index in [2.05, 4.69) is 4.98 Å². The predicted octanol–water partition coefficient (Wildman–Crippen LogP) is 4.06. The van der Waals surface area contributed by atoms with Crippen molar-refractivity contribution in [3.05, 3.63) is 52.2 Å². The van der Waals surface area contributed by atoms with E-state index in [4.69, 9.17) is 0 Å². The van der Waals surface area contributed by atoms with E-state index in [1.165, 1.54) is 30.5 Å². The molecule has 4 heterocycles. The zero-order chi connectivity index (χ0) is 28.9. The molecule has 0 aliphatic carbocycles. The molecule has 206 valence electrons. The first-order valence-corrected chi connectivity index (χ1v) is 10.8. The zero-order valence-electron chi connectivity index (χ0n) is 18.9. The molecule has 2 atom stereocenters. The van der Waals surface area contributed by atoms with E-state index in [-0.39, 0.29) is 33.5 Å². The Labute approximate surface area is 210 Å². The van der Waals surface area contributed by atoms with Crippen LogP contribution in [0.5, 0.6) is 5.88 Å². The van der Waals surface area contributed by atoms with Gasteiger partial charge in [0.1, 0.15) is 11.8 Å². The number of hydrogen-bond donors (Lipinski definition) is 1. The molecule has 1 amide bonds. The number of nitrogens with zero attached hydrogens (tertiary/aromatic N) is 5. The molecular weight excluding hydrogens is 553 g/mol. The van der Waals surface area contributed by atoms with Crippen LogP contribution in [-0.2, 0) is 4.79 Å². The summed E-state index contributed by atoms with van der Waals surface area (Å²) in [6.45, 7) is -0.904. The minimum absolute atomic E-state index is 0.0274. The zero-order valence-corrected chi connectivity index (χ0v) is 18.9. The molecule has 8 nitrogen and oxygen atoms in total. The Balaban J connectivity index is 1.58. The lowest BCUT2D eigenvalue weighted by molar-refractivity contribution is -0.389. The Morgan fingerprint density at radius 2 is 1.72 bits per heavy atom. The Bertz CT molecular complexity index is 1640. The lowest BCUT2D eigenvalue weighted by atomic mass is 10.0. The van der Waals surface area contributed by atoms with Gasteiger partial charge in [-0.25, -0.2) is 9.36 Å². The molecule has 2 aliphatic heterocycles. The summed E-state index contributed by atoms with van der Waals surface area (Å²) in [5.41, 5.74) is -1.25. The summed E-state index contributed by atoms with van der Waals surface area (Å²) < 4.78 is 122. The van der Waals surface area contributed by atoms with Crippen molar-refractivity contribution >= 4 is 16.8 Å². The van der Waals surface area contributed by atoms with E-state index in [9.17, 15) is 59.5 Å². The summed E-state index contributed by atoms with van der Waals surface area (Å²) in [7, 11) is 0. The highest BCUT2D eigenvalue weighted by Gasteiger charge is 2.84. The summed E-state index contributed by atoms with van der Waals surface area (Å²) in [6.07, 6.45) is -6.13. The maximum atomic E-state index is 14.4. The highest BCUT2D eigenvalue weighted by atomic mass is 19.4. The van der Waals surface area contributed by atoms with Crippen molar-refractivity contribution in [2.45, 2.75) is 42.4 Å². The standard InChI is InChI=1S/C22H12F9N5O3/c23-19(24,20(25,26)21(27,28)22(29,30)31)17(38)34-8-10-6-13(34)15-16(37)36(18(39)35(10)15)12-4-3-9(7-32)14-11(12)2-1-5-33-14/h1-5,10,13,37H,6,8H2. The average molecular weight is 565 g/mol. The number of halogens is 9. The molecule has 2 bridgehead atoms. The number of aromatic nitrogens is 3. The minimum atomic E-state index is -7.25. The van der Waals surface area contributed by atoms with Crippen molar-refractivity contribution in [1.29, 1.82) is 5.26 Å². The summed E-state index contributed by atoms with van der Waals surface area (Å²) in [6, 6.07) is 4.40. The highest BCUT2D eigenvalue weighted by molar-refractivity contribution is 5.91. The van der Waals surface area contributed by atoms with Gasteiger partial charge in [0.05, 0.1) is 28.9 Å². The molecule has 2 aliphatic rings. The summed E-state index contributed by atoms with van der Waals surface area (Å²) in [4.78, 5) is 29.6. The number of fused-ring (bicyclic) bond motifs is 6. The van der Waals surface area contributed by atoms with Gasteiger partial charge in [-0.05, 0) is 30.7 Å². The average Bonchev–Trinajstić information content (AvgIpc) is 3.53. The largest absolute Gasteiger partial charge is 0.493 e. The van der Waals surface area contributed by atoms with Crippen molar-refractivity contribution < 1.29 is 49.4 Å². The number of pyridine rings is 1. The number of imidazole rings is 1. The number of benzene rings is 1. The van der Waals surface area contributed by atoms with Crippen molar-refractivity contribution in [2.24, 2.45) is 0 Å². The van der Waals surface area contributed by atoms with Crippen LogP contribution in [0.15, 0.2) is 35.3 Å². The van der Waals surface area contributed by atoms with Gasteiger partial charge in [-0.2, -0.15) is 44.8 Å². The number of amides is 1. The van der Waals surface area contributed by atoms with E-state index in [0.717, 1.165) is 4.57 Å². The van der Waals surface area contributed by atoms with E-state index in [1.54, 1.807) is 0 Å². The van der Waals surface area contributed by atoms with Gasteiger partial charge in [0.25, 0.3) is 0 Å². The van der Waals surface area contributed by atoms with Crippen LogP contribution < -0.4 is 5.69 Å². The van der Waals surface area contributed by atoms with E-state index < -0.39 is 65.7 Å². The third-order valence-electron chi connectivity index (χ3n) is 6.84. The van der Waals surface area contributed by atoms with Crippen molar-refractivity contribution in [2.75, 3.05) is 6.54 Å². The number of hydrogen-bond acceptors (Lipinski definition) is 5. The summed E-state index contributed by atoms with van der Waals surface area (Å²) >= 11 is 0. The number of alkyl halides is 9. The molecule has 2 aromatic heterocycles. The van der Waals surface area contributed by atoms with Crippen molar-refractivity contribution in [1.82, 2.24) is 19.0 Å². The van der Waals surface area contributed by atoms with Gasteiger partial charge in [0, 0.05) is 18.1 Å². The van der Waals surface area contributed by atoms with Crippen LogP contribution in [0.4, 0.5) is 39.5 Å².